The van der Waals surface area contributed by atoms with Crippen molar-refractivity contribution in [3.05, 3.63) is 83.7 Å². The Morgan fingerprint density at radius 3 is 2.47 bits per heavy atom. The van der Waals surface area contributed by atoms with Crippen LogP contribution in [0.4, 0.5) is 13.6 Å². The third-order valence-electron chi connectivity index (χ3n) is 4.58. The van der Waals surface area contributed by atoms with Crippen LogP contribution in [0, 0.1) is 30.2 Å². The Bertz CT molecular complexity index is 757. The van der Waals surface area contributed by atoms with Crippen molar-refractivity contribution in [3.8, 4) is 0 Å². The van der Waals surface area contributed by atoms with Gasteiger partial charge in [0, 0.05) is 5.82 Å². The number of nitrogens with zero attached hydrogens (tertiary/aromatic N) is 2. The van der Waals surface area contributed by atoms with Crippen LogP contribution in [0.25, 0.3) is 10.9 Å². The molecule has 7 heteroatoms. The Morgan fingerprint density at radius 1 is 1.23 bits per heavy atom. The molecule has 0 bridgehead atoms. The van der Waals surface area contributed by atoms with Crippen molar-refractivity contribution < 1.29 is 46.3 Å². The minimum absolute atomic E-state index is 0. The molecular formula is C23H26F2N3OY. The van der Waals surface area contributed by atoms with Crippen LogP contribution in [0.3, 0.4) is 0 Å². The molecule has 0 saturated carbocycles. The maximum Gasteiger partial charge on any atom is 3.00 e. The molecule has 1 fully saturated rings. The molecule has 0 radical (unpaired) electrons. The largest absolute Gasteiger partial charge is 3.00 e. The summed E-state index contributed by atoms with van der Waals surface area (Å²) < 4.78 is 26.8. The number of halogens is 2. The van der Waals surface area contributed by atoms with Crippen LogP contribution in [0.15, 0.2) is 48.5 Å². The third kappa shape index (κ3) is 9.46. The molecule has 0 aromatic heterocycles. The molecule has 1 aliphatic rings. The van der Waals surface area contributed by atoms with Gasteiger partial charge in [-0.3, -0.25) is 11.4 Å². The summed E-state index contributed by atoms with van der Waals surface area (Å²) in [6.07, 6.45) is 2.06. The van der Waals surface area contributed by atoms with Crippen LogP contribution in [-0.4, -0.2) is 44.2 Å². The number of amides is 2. The number of carbonyl (C=O) groups is 1. The number of urea groups is 1. The third-order valence-corrected chi connectivity index (χ3v) is 4.58. The maximum absolute atomic E-state index is 13.6. The van der Waals surface area contributed by atoms with Crippen LogP contribution < -0.4 is 5.32 Å². The van der Waals surface area contributed by atoms with Gasteiger partial charge in [-0.25, -0.2) is 14.4 Å². The second-order valence-electron chi connectivity index (χ2n) is 6.90. The normalized spacial score (nSPS) is 13.3. The summed E-state index contributed by atoms with van der Waals surface area (Å²) in [6.45, 7) is 8.14. The molecule has 156 valence electrons. The van der Waals surface area contributed by atoms with Gasteiger partial charge in [0.15, 0.2) is 6.03 Å². The predicted octanol–water partition coefficient (Wildman–Crippen LogP) is 4.69. The summed E-state index contributed by atoms with van der Waals surface area (Å²) in [5, 5.41) is 7.13. The van der Waals surface area contributed by atoms with Gasteiger partial charge in [-0.05, 0) is 50.5 Å². The Kier molecular flexibility index (Phi) is 12.7. The van der Waals surface area contributed by atoms with Gasteiger partial charge >= 0.3 is 32.7 Å². The quantitative estimate of drug-likeness (QED) is 0.623. The van der Waals surface area contributed by atoms with Crippen molar-refractivity contribution >= 4 is 11.6 Å². The van der Waals surface area contributed by atoms with Crippen molar-refractivity contribution in [1.82, 2.24) is 10.2 Å². The molecule has 0 atom stereocenters. The van der Waals surface area contributed by atoms with E-state index in [-0.39, 0.29) is 50.4 Å². The maximum atomic E-state index is 13.6. The molecule has 2 aromatic carbocycles. The van der Waals surface area contributed by atoms with Crippen molar-refractivity contribution in [2.75, 3.05) is 33.2 Å². The van der Waals surface area contributed by atoms with Gasteiger partial charge in [0.1, 0.15) is 5.82 Å². The van der Waals surface area contributed by atoms with Crippen LogP contribution in [0.5, 0.6) is 0 Å². The van der Waals surface area contributed by atoms with Crippen LogP contribution in [-0.2, 0) is 32.7 Å². The fourth-order valence-corrected chi connectivity index (χ4v) is 2.97. The summed E-state index contributed by atoms with van der Waals surface area (Å²) in [5.41, 5.74) is -0.0202. The molecule has 1 N–H and O–H groups in total. The Labute approximate surface area is 203 Å². The molecule has 1 heterocycles. The molecule has 0 spiro atoms. The fraction of sp³-hybridized carbons (Fsp3) is 0.348. The monoisotopic (exact) mass is 487 g/mol. The Balaban J connectivity index is 0.000000552. The van der Waals surface area contributed by atoms with E-state index in [1.807, 2.05) is 30.3 Å². The molecule has 2 aromatic rings. The van der Waals surface area contributed by atoms with E-state index in [0.717, 1.165) is 44.1 Å². The van der Waals surface area contributed by atoms with E-state index < -0.39 is 17.7 Å². The standard InChI is InChI=1S/C17H22F2N3O.C6H5.Y/c1-12(15-9-14(18)3-4-16(15)19)10-21-17(23)22(2)11-13-5-7-20-8-6-13;1-2-4-6-5-3-1;/h1,3-4,9,13,20H,5-8,10-11H2,2H3,(H,21,23);1-5H;/q2*-1;+3/p-1. The number of rotatable bonds is 5. The first-order chi connectivity index (χ1) is 14.0. The molecule has 3 rings (SSSR count). The molecule has 0 aliphatic carbocycles. The molecule has 1 saturated heterocycles. The van der Waals surface area contributed by atoms with Gasteiger partial charge in [0.25, 0.3) is 0 Å². The summed E-state index contributed by atoms with van der Waals surface area (Å²) in [4.78, 5) is 13.6. The summed E-state index contributed by atoms with van der Waals surface area (Å²) in [5.74, 6) is -0.754. The smallest absolute Gasteiger partial charge is 0.439 e. The van der Waals surface area contributed by atoms with Gasteiger partial charge < -0.3 is 15.5 Å². The first kappa shape index (κ1) is 26.4. The van der Waals surface area contributed by atoms with E-state index in [9.17, 15) is 13.6 Å². The zero-order valence-corrected chi connectivity index (χ0v) is 20.0. The topological polar surface area (TPSA) is 46.4 Å². The zero-order chi connectivity index (χ0) is 21.1. The summed E-state index contributed by atoms with van der Waals surface area (Å²) in [7, 11) is 1.69. The molecule has 2 amide bonds. The van der Waals surface area contributed by atoms with Gasteiger partial charge in [-0.1, -0.05) is 19.7 Å². The van der Waals surface area contributed by atoms with Crippen LogP contribution in [0.1, 0.15) is 18.4 Å². The molecular weight excluding hydrogens is 461 g/mol. The number of hydrogen-bond acceptors (Lipinski definition) is 2. The van der Waals surface area contributed by atoms with Crippen molar-refractivity contribution in [2.24, 2.45) is 5.92 Å². The Hall–Kier alpha value is -1.63. The molecule has 0 unspecified atom stereocenters. The van der Waals surface area contributed by atoms with E-state index in [1.165, 1.54) is 0 Å². The van der Waals surface area contributed by atoms with Crippen LogP contribution >= 0.6 is 0 Å². The average Bonchev–Trinajstić information content (AvgIpc) is 2.75. The number of hydrogen-bond donors (Lipinski definition) is 1. The second kappa shape index (κ2) is 14.4. The van der Waals surface area contributed by atoms with Gasteiger partial charge in [0.2, 0.25) is 0 Å². The number of piperidine rings is 1. The average molecular weight is 487 g/mol. The summed E-state index contributed by atoms with van der Waals surface area (Å²) >= 11 is 0. The Morgan fingerprint density at radius 2 is 1.90 bits per heavy atom. The fourth-order valence-electron chi connectivity index (χ4n) is 2.97. The van der Waals surface area contributed by atoms with E-state index >= 15 is 0 Å². The predicted molar refractivity (Wildman–Crippen MR) is 111 cm³/mol. The van der Waals surface area contributed by atoms with E-state index in [1.54, 1.807) is 11.9 Å². The molecule has 30 heavy (non-hydrogen) atoms. The minimum Gasteiger partial charge on any atom is -0.439 e. The first-order valence-electron chi connectivity index (χ1n) is 9.58. The zero-order valence-electron chi connectivity index (χ0n) is 17.2. The molecule has 4 nitrogen and oxygen atoms in total. The first-order valence-corrected chi connectivity index (χ1v) is 9.58. The van der Waals surface area contributed by atoms with E-state index in [0.29, 0.717) is 12.5 Å². The number of nitrogens with one attached hydrogen (secondary N) is 1. The van der Waals surface area contributed by atoms with E-state index in [4.69, 9.17) is 6.58 Å². The number of carbonyl (C=O) groups excluding carboxylic acids is 1. The van der Waals surface area contributed by atoms with Crippen molar-refractivity contribution in [2.45, 2.75) is 12.8 Å². The SMILES string of the molecule is [CH-]=C(C[N-]C(=O)N(C)CC1CCNCC1)c1cc(F)ccc1F.[Y+3].[c-]1ccccc1. The minimum atomic E-state index is -0.630. The molecule has 1 aliphatic heterocycles. The van der Waals surface area contributed by atoms with E-state index in [2.05, 4.69) is 16.7 Å². The summed E-state index contributed by atoms with van der Waals surface area (Å²) in [6, 6.07) is 15.1. The number of benzene rings is 2. The van der Waals surface area contributed by atoms with Gasteiger partial charge in [-0.15, -0.1) is 5.56 Å². The second-order valence-corrected chi connectivity index (χ2v) is 6.90. The van der Waals surface area contributed by atoms with Gasteiger partial charge in [0.05, 0.1) is 0 Å². The van der Waals surface area contributed by atoms with Crippen LogP contribution in [0.2, 0.25) is 0 Å². The van der Waals surface area contributed by atoms with Gasteiger partial charge in [-0.2, -0.15) is 36.4 Å². The van der Waals surface area contributed by atoms with Crippen molar-refractivity contribution in [3.63, 3.8) is 0 Å². The van der Waals surface area contributed by atoms with Crippen molar-refractivity contribution in [1.29, 1.82) is 0 Å².